The lowest BCUT2D eigenvalue weighted by atomic mass is 10.3. The van der Waals surface area contributed by atoms with Crippen molar-refractivity contribution in [3.8, 4) is 0 Å². The first-order valence-electron chi connectivity index (χ1n) is 2.63. The number of aromatic amines is 1. The number of aromatic nitrogens is 1. The highest BCUT2D eigenvalue weighted by molar-refractivity contribution is 5.69. The highest BCUT2D eigenvalue weighted by atomic mass is 16.4. The molecule has 9 heavy (non-hydrogen) atoms. The van der Waals surface area contributed by atoms with Crippen LogP contribution in [0.4, 0.5) is 0 Å². The molecule has 0 bridgehead atoms. The van der Waals surface area contributed by atoms with E-state index in [0.29, 0.717) is 0 Å². The molecule has 0 aliphatic heterocycles. The molecule has 0 saturated heterocycles. The lowest BCUT2D eigenvalue weighted by Gasteiger charge is -1.86. The molecule has 0 spiro atoms. The molecule has 0 radical (unpaired) electrons. The molecule has 0 fully saturated rings. The van der Waals surface area contributed by atoms with Gasteiger partial charge in [0.05, 0.1) is 6.42 Å². The Morgan fingerprint density at radius 3 is 3.11 bits per heavy atom. The van der Waals surface area contributed by atoms with E-state index < -0.39 is 5.97 Å². The molecule has 2 N–H and O–H groups in total. The molecule has 0 aliphatic carbocycles. The Balaban J connectivity index is 0.000000810. The van der Waals surface area contributed by atoms with Crippen LogP contribution in [0.2, 0.25) is 0 Å². The van der Waals surface area contributed by atoms with Crippen molar-refractivity contribution in [3.63, 3.8) is 0 Å². The van der Waals surface area contributed by atoms with Gasteiger partial charge in [-0.15, -0.1) is 0 Å². The average molecular weight is 127 g/mol. The molecule has 0 atom stereocenters. The zero-order valence-corrected chi connectivity index (χ0v) is 4.79. The maximum absolute atomic E-state index is 10.0. The SMILES string of the molecule is O=C(O)Cc1ccc[nH]1.[HH]. The van der Waals surface area contributed by atoms with Crippen molar-refractivity contribution in [2.24, 2.45) is 0 Å². The largest absolute Gasteiger partial charge is 0.481 e. The van der Waals surface area contributed by atoms with E-state index in [9.17, 15) is 4.79 Å². The number of nitrogens with one attached hydrogen (secondary N) is 1. The van der Waals surface area contributed by atoms with Gasteiger partial charge < -0.3 is 10.1 Å². The Kier molecular flexibility index (Phi) is 1.53. The van der Waals surface area contributed by atoms with Crippen LogP contribution in [0.25, 0.3) is 0 Å². The van der Waals surface area contributed by atoms with Crippen LogP contribution in [-0.2, 0) is 11.2 Å². The van der Waals surface area contributed by atoms with Crippen molar-refractivity contribution in [2.75, 3.05) is 0 Å². The summed E-state index contributed by atoms with van der Waals surface area (Å²) in [7, 11) is 0. The summed E-state index contributed by atoms with van der Waals surface area (Å²) in [5.74, 6) is -0.808. The summed E-state index contributed by atoms with van der Waals surface area (Å²) < 4.78 is 0. The maximum atomic E-state index is 10.0. The van der Waals surface area contributed by atoms with E-state index in [1.165, 1.54) is 0 Å². The maximum Gasteiger partial charge on any atom is 0.309 e. The predicted octanol–water partition coefficient (Wildman–Crippen LogP) is 0.888. The first-order chi connectivity index (χ1) is 4.29. The van der Waals surface area contributed by atoms with Crippen LogP contribution in [0.1, 0.15) is 7.12 Å². The highest BCUT2D eigenvalue weighted by Crippen LogP contribution is 1.94. The van der Waals surface area contributed by atoms with Gasteiger partial charge in [0.1, 0.15) is 0 Å². The molecule has 50 valence electrons. The van der Waals surface area contributed by atoms with E-state index in [1.807, 2.05) is 0 Å². The van der Waals surface area contributed by atoms with E-state index in [1.54, 1.807) is 18.3 Å². The second-order valence-electron chi connectivity index (χ2n) is 1.77. The molecule has 1 aromatic heterocycles. The normalized spacial score (nSPS) is 9.33. The van der Waals surface area contributed by atoms with E-state index in [2.05, 4.69) is 4.98 Å². The molecule has 0 aliphatic rings. The number of rotatable bonds is 2. The molecule has 1 rings (SSSR count). The van der Waals surface area contributed by atoms with Gasteiger partial charge in [0.25, 0.3) is 0 Å². The van der Waals surface area contributed by atoms with E-state index in [4.69, 9.17) is 5.11 Å². The minimum Gasteiger partial charge on any atom is -0.481 e. The first-order valence-corrected chi connectivity index (χ1v) is 2.63. The second kappa shape index (κ2) is 2.35. The predicted molar refractivity (Wildman–Crippen MR) is 34.2 cm³/mol. The fourth-order valence-electron chi connectivity index (χ4n) is 0.640. The third-order valence-corrected chi connectivity index (χ3v) is 1.00. The van der Waals surface area contributed by atoms with Gasteiger partial charge in [0.2, 0.25) is 0 Å². The Labute approximate surface area is 53.8 Å². The number of carboxylic acid groups (broad SMARTS) is 1. The second-order valence-corrected chi connectivity index (χ2v) is 1.77. The van der Waals surface area contributed by atoms with Crippen LogP contribution < -0.4 is 0 Å². The molecule has 0 unspecified atom stereocenters. The van der Waals surface area contributed by atoms with Crippen LogP contribution in [0.15, 0.2) is 18.3 Å². The van der Waals surface area contributed by atoms with Gasteiger partial charge in [-0.1, -0.05) is 0 Å². The molecular formula is C6H9NO2. The Morgan fingerprint density at radius 2 is 2.67 bits per heavy atom. The summed E-state index contributed by atoms with van der Waals surface area (Å²) in [6.07, 6.45) is 1.78. The molecule has 0 saturated carbocycles. The zero-order chi connectivity index (χ0) is 6.69. The van der Waals surface area contributed by atoms with Crippen molar-refractivity contribution >= 4 is 5.97 Å². The van der Waals surface area contributed by atoms with Crippen molar-refractivity contribution in [1.82, 2.24) is 4.98 Å². The summed E-state index contributed by atoms with van der Waals surface area (Å²) in [6.45, 7) is 0. The van der Waals surface area contributed by atoms with Crippen LogP contribution in [0, 0.1) is 0 Å². The standard InChI is InChI=1S/C6H7NO2.H2/c8-6(9)4-5-2-1-3-7-5;/h1-3,7H,4H2,(H,8,9);1H. The summed E-state index contributed by atoms with van der Waals surface area (Å²) in [5, 5.41) is 8.27. The number of carboxylic acids is 1. The van der Waals surface area contributed by atoms with Gasteiger partial charge in [0, 0.05) is 13.3 Å². The van der Waals surface area contributed by atoms with Gasteiger partial charge in [-0.05, 0) is 12.1 Å². The summed E-state index contributed by atoms with van der Waals surface area (Å²) >= 11 is 0. The first kappa shape index (κ1) is 5.88. The number of aliphatic carboxylic acids is 1. The molecule has 0 aromatic carbocycles. The Morgan fingerprint density at radius 1 is 1.89 bits per heavy atom. The average Bonchev–Trinajstić information content (AvgIpc) is 2.15. The molecule has 1 heterocycles. The van der Waals surface area contributed by atoms with Crippen molar-refractivity contribution < 1.29 is 11.3 Å². The smallest absolute Gasteiger partial charge is 0.309 e. The van der Waals surface area contributed by atoms with Crippen molar-refractivity contribution in [1.29, 1.82) is 0 Å². The van der Waals surface area contributed by atoms with E-state index in [-0.39, 0.29) is 7.85 Å². The van der Waals surface area contributed by atoms with Gasteiger partial charge in [-0.2, -0.15) is 0 Å². The van der Waals surface area contributed by atoms with Crippen LogP contribution in [-0.4, -0.2) is 16.1 Å². The molecular weight excluding hydrogens is 118 g/mol. The quantitative estimate of drug-likeness (QED) is 0.619. The van der Waals surface area contributed by atoms with Crippen LogP contribution in [0.3, 0.4) is 0 Å². The topological polar surface area (TPSA) is 53.1 Å². The number of H-pyrrole nitrogens is 1. The fourth-order valence-corrected chi connectivity index (χ4v) is 0.640. The van der Waals surface area contributed by atoms with Crippen molar-refractivity contribution in [3.05, 3.63) is 24.0 Å². The van der Waals surface area contributed by atoms with Gasteiger partial charge >= 0.3 is 5.97 Å². The zero-order valence-electron chi connectivity index (χ0n) is 4.79. The van der Waals surface area contributed by atoms with Gasteiger partial charge in [-0.3, -0.25) is 4.79 Å². The molecule has 1 aromatic rings. The third-order valence-electron chi connectivity index (χ3n) is 1.00. The molecule has 3 nitrogen and oxygen atoms in total. The Bertz CT molecular complexity index is 196. The number of carbonyl (C=O) groups is 1. The van der Waals surface area contributed by atoms with Crippen molar-refractivity contribution in [2.45, 2.75) is 6.42 Å². The van der Waals surface area contributed by atoms with Crippen LogP contribution >= 0.6 is 0 Å². The minimum absolute atomic E-state index is 0. The minimum atomic E-state index is -0.808. The number of hydrogen-bond acceptors (Lipinski definition) is 1. The summed E-state index contributed by atoms with van der Waals surface area (Å²) in [5.41, 5.74) is 0.738. The summed E-state index contributed by atoms with van der Waals surface area (Å²) in [4.78, 5) is 12.8. The summed E-state index contributed by atoms with van der Waals surface area (Å²) in [6, 6.07) is 3.52. The molecule has 3 heteroatoms. The van der Waals surface area contributed by atoms with E-state index >= 15 is 0 Å². The number of hydrogen-bond donors (Lipinski definition) is 2. The Hall–Kier alpha value is -1.25. The van der Waals surface area contributed by atoms with E-state index in [0.717, 1.165) is 5.69 Å². The lowest BCUT2D eigenvalue weighted by molar-refractivity contribution is -0.136. The third kappa shape index (κ3) is 1.60. The van der Waals surface area contributed by atoms with Crippen LogP contribution in [0.5, 0.6) is 0 Å². The molecule has 0 amide bonds. The highest BCUT2D eigenvalue weighted by Gasteiger charge is 1.97. The lowest BCUT2D eigenvalue weighted by Crippen LogP contribution is -1.99. The van der Waals surface area contributed by atoms with Gasteiger partial charge in [0.15, 0.2) is 0 Å². The fraction of sp³-hybridized carbons (Fsp3) is 0.167. The van der Waals surface area contributed by atoms with Gasteiger partial charge in [-0.25, -0.2) is 0 Å². The monoisotopic (exact) mass is 127 g/mol.